The van der Waals surface area contributed by atoms with E-state index in [9.17, 15) is 14.7 Å². The molecular formula is C16H20ClNO4. The van der Waals surface area contributed by atoms with Crippen molar-refractivity contribution in [3.63, 3.8) is 0 Å². The molecular weight excluding hydrogens is 306 g/mol. The van der Waals surface area contributed by atoms with Gasteiger partial charge in [-0.2, -0.15) is 0 Å². The highest BCUT2D eigenvalue weighted by molar-refractivity contribution is 6.32. The van der Waals surface area contributed by atoms with Crippen molar-refractivity contribution in [2.45, 2.75) is 44.8 Å². The Bertz CT molecular complexity index is 545. The van der Waals surface area contributed by atoms with Crippen molar-refractivity contribution in [2.75, 3.05) is 0 Å². The minimum absolute atomic E-state index is 0.408. The van der Waals surface area contributed by atoms with E-state index in [2.05, 4.69) is 5.32 Å². The molecule has 0 bridgehead atoms. The van der Waals surface area contributed by atoms with Gasteiger partial charge in [0.25, 0.3) is 5.91 Å². The van der Waals surface area contributed by atoms with Gasteiger partial charge >= 0.3 is 5.97 Å². The van der Waals surface area contributed by atoms with Crippen LogP contribution in [0.2, 0.25) is 5.02 Å². The normalized spacial score (nSPS) is 16.6. The summed E-state index contributed by atoms with van der Waals surface area (Å²) in [4.78, 5) is 23.5. The summed E-state index contributed by atoms with van der Waals surface area (Å²) >= 11 is 6.01. The molecule has 1 aromatic rings. The fourth-order valence-electron chi connectivity index (χ4n) is 2.19. The second kappa shape index (κ2) is 7.49. The molecule has 0 spiro atoms. The van der Waals surface area contributed by atoms with E-state index in [0.29, 0.717) is 29.5 Å². The van der Waals surface area contributed by atoms with E-state index in [1.54, 1.807) is 31.2 Å². The van der Waals surface area contributed by atoms with E-state index >= 15 is 0 Å². The van der Waals surface area contributed by atoms with Gasteiger partial charge in [0.2, 0.25) is 0 Å². The number of rotatable bonds is 8. The standard InChI is InChI=1S/C16H20ClNO4/c1-2-13(22-14-6-4-3-5-11(14)17)15(19)18-12(16(20)21)9-10-7-8-10/h3-6,10,12-13H,2,7-9H2,1H3,(H,18,19)(H,20,21). The molecule has 2 rings (SSSR count). The number of hydrogen-bond donors (Lipinski definition) is 2. The molecule has 0 aromatic heterocycles. The van der Waals surface area contributed by atoms with E-state index in [-0.39, 0.29) is 0 Å². The molecule has 120 valence electrons. The molecule has 22 heavy (non-hydrogen) atoms. The maximum absolute atomic E-state index is 12.3. The van der Waals surface area contributed by atoms with Crippen molar-refractivity contribution in [1.82, 2.24) is 5.32 Å². The predicted molar refractivity (Wildman–Crippen MR) is 83.1 cm³/mol. The summed E-state index contributed by atoms with van der Waals surface area (Å²) in [5.74, 6) is -0.602. The van der Waals surface area contributed by atoms with Crippen molar-refractivity contribution in [3.05, 3.63) is 29.3 Å². The van der Waals surface area contributed by atoms with E-state index < -0.39 is 24.0 Å². The summed E-state index contributed by atoms with van der Waals surface area (Å²) in [6.45, 7) is 1.80. The van der Waals surface area contributed by atoms with Gasteiger partial charge < -0.3 is 15.2 Å². The number of carbonyl (C=O) groups is 2. The van der Waals surface area contributed by atoms with Gasteiger partial charge in [-0.3, -0.25) is 4.79 Å². The molecule has 0 heterocycles. The lowest BCUT2D eigenvalue weighted by Gasteiger charge is -2.21. The van der Waals surface area contributed by atoms with Crippen molar-refractivity contribution in [2.24, 2.45) is 5.92 Å². The number of carboxylic acid groups (broad SMARTS) is 1. The van der Waals surface area contributed by atoms with Crippen LogP contribution in [-0.4, -0.2) is 29.1 Å². The van der Waals surface area contributed by atoms with Crippen LogP contribution in [0.15, 0.2) is 24.3 Å². The van der Waals surface area contributed by atoms with Gasteiger partial charge in [0.15, 0.2) is 6.10 Å². The lowest BCUT2D eigenvalue weighted by Crippen LogP contribution is -2.47. The van der Waals surface area contributed by atoms with Gasteiger partial charge in [-0.1, -0.05) is 43.5 Å². The lowest BCUT2D eigenvalue weighted by atomic mass is 10.1. The topological polar surface area (TPSA) is 75.6 Å². The highest BCUT2D eigenvalue weighted by atomic mass is 35.5. The van der Waals surface area contributed by atoms with Crippen LogP contribution in [0.5, 0.6) is 5.75 Å². The van der Waals surface area contributed by atoms with Gasteiger partial charge in [-0.25, -0.2) is 4.79 Å². The van der Waals surface area contributed by atoms with E-state index in [1.165, 1.54) is 0 Å². The first-order valence-electron chi connectivity index (χ1n) is 7.45. The summed E-state index contributed by atoms with van der Waals surface area (Å²) in [5, 5.41) is 12.2. The van der Waals surface area contributed by atoms with E-state index in [4.69, 9.17) is 16.3 Å². The number of halogens is 1. The summed E-state index contributed by atoms with van der Waals surface area (Å²) in [6, 6.07) is 6.03. The van der Waals surface area contributed by atoms with Crippen LogP contribution in [0.4, 0.5) is 0 Å². The molecule has 1 aliphatic rings. The number of ether oxygens (including phenoxy) is 1. The highest BCUT2D eigenvalue weighted by Gasteiger charge is 2.32. The van der Waals surface area contributed by atoms with Crippen molar-refractivity contribution in [3.8, 4) is 5.75 Å². The fourth-order valence-corrected chi connectivity index (χ4v) is 2.37. The largest absolute Gasteiger partial charge is 0.480 e. The van der Waals surface area contributed by atoms with Gasteiger partial charge in [-0.05, 0) is 30.9 Å². The number of carbonyl (C=O) groups excluding carboxylic acids is 1. The minimum atomic E-state index is -1.01. The van der Waals surface area contributed by atoms with E-state index in [0.717, 1.165) is 12.8 Å². The maximum Gasteiger partial charge on any atom is 0.326 e. The van der Waals surface area contributed by atoms with Crippen molar-refractivity contribution in [1.29, 1.82) is 0 Å². The van der Waals surface area contributed by atoms with E-state index in [1.807, 2.05) is 0 Å². The van der Waals surface area contributed by atoms with Crippen LogP contribution in [0.3, 0.4) is 0 Å². The van der Waals surface area contributed by atoms with Gasteiger partial charge in [0.1, 0.15) is 11.8 Å². The molecule has 1 aromatic carbocycles. The first-order valence-corrected chi connectivity index (χ1v) is 7.83. The van der Waals surface area contributed by atoms with Crippen molar-refractivity contribution >= 4 is 23.5 Å². The van der Waals surface area contributed by atoms with Crippen molar-refractivity contribution < 1.29 is 19.4 Å². The number of para-hydroxylation sites is 1. The van der Waals surface area contributed by atoms with Crippen LogP contribution in [-0.2, 0) is 9.59 Å². The summed E-state index contributed by atoms with van der Waals surface area (Å²) in [6.07, 6.45) is 2.21. The molecule has 1 fully saturated rings. The maximum atomic E-state index is 12.3. The van der Waals surface area contributed by atoms with Gasteiger partial charge in [0.05, 0.1) is 5.02 Å². The third-order valence-electron chi connectivity index (χ3n) is 3.65. The molecule has 2 atom stereocenters. The molecule has 5 nitrogen and oxygen atoms in total. The molecule has 1 saturated carbocycles. The molecule has 2 N–H and O–H groups in total. The third-order valence-corrected chi connectivity index (χ3v) is 3.96. The zero-order valence-corrected chi connectivity index (χ0v) is 13.2. The second-order valence-corrected chi connectivity index (χ2v) is 5.93. The van der Waals surface area contributed by atoms with Gasteiger partial charge in [0, 0.05) is 0 Å². The Hall–Kier alpha value is -1.75. The van der Waals surface area contributed by atoms with Crippen LogP contribution in [0, 0.1) is 5.92 Å². The first-order chi connectivity index (χ1) is 10.5. The number of benzene rings is 1. The van der Waals surface area contributed by atoms with Crippen LogP contribution >= 0.6 is 11.6 Å². The number of hydrogen-bond acceptors (Lipinski definition) is 3. The fraction of sp³-hybridized carbons (Fsp3) is 0.500. The Balaban J connectivity index is 1.98. The van der Waals surface area contributed by atoms with Crippen LogP contribution < -0.4 is 10.1 Å². The molecule has 1 aliphatic carbocycles. The molecule has 0 radical (unpaired) electrons. The highest BCUT2D eigenvalue weighted by Crippen LogP contribution is 2.33. The number of aliphatic carboxylic acids is 1. The monoisotopic (exact) mass is 325 g/mol. The average Bonchev–Trinajstić information content (AvgIpc) is 3.29. The molecule has 0 aliphatic heterocycles. The summed E-state index contributed by atoms with van der Waals surface area (Å²) in [5.41, 5.74) is 0. The third kappa shape index (κ3) is 4.63. The molecule has 0 saturated heterocycles. The predicted octanol–water partition coefficient (Wildman–Crippen LogP) is 2.87. The number of amides is 1. The molecule has 6 heteroatoms. The Morgan fingerprint density at radius 2 is 2.09 bits per heavy atom. The van der Waals surface area contributed by atoms with Crippen LogP contribution in [0.25, 0.3) is 0 Å². The SMILES string of the molecule is CCC(Oc1ccccc1Cl)C(=O)NC(CC1CC1)C(=O)O. The number of nitrogens with one attached hydrogen (secondary N) is 1. The second-order valence-electron chi connectivity index (χ2n) is 5.52. The molecule has 1 amide bonds. The van der Waals surface area contributed by atoms with Gasteiger partial charge in [-0.15, -0.1) is 0 Å². The number of carboxylic acids is 1. The molecule has 2 unspecified atom stereocenters. The Kier molecular flexibility index (Phi) is 5.66. The lowest BCUT2D eigenvalue weighted by molar-refractivity contribution is -0.143. The summed E-state index contributed by atoms with van der Waals surface area (Å²) < 4.78 is 5.62. The van der Waals surface area contributed by atoms with Crippen LogP contribution in [0.1, 0.15) is 32.6 Å². The zero-order valence-electron chi connectivity index (χ0n) is 12.4. The Morgan fingerprint density at radius 3 is 2.64 bits per heavy atom. The average molecular weight is 326 g/mol. The Morgan fingerprint density at radius 1 is 1.41 bits per heavy atom. The minimum Gasteiger partial charge on any atom is -0.480 e. The first kappa shape index (κ1) is 16.6. The summed E-state index contributed by atoms with van der Waals surface area (Å²) in [7, 11) is 0. The quantitative estimate of drug-likeness (QED) is 0.770. The zero-order chi connectivity index (χ0) is 16.1. The smallest absolute Gasteiger partial charge is 0.326 e. The Labute approximate surface area is 134 Å².